The number of aromatic hydroxyl groups is 1. The SMILES string of the molecule is CC1(C)CC(CC(=N)/C=C\C(=N)c2ccc(/C(C=N)=C/N)cc2O)CC(C)(C)N1. The maximum Gasteiger partial charge on any atom is 0.125 e. The summed E-state index contributed by atoms with van der Waals surface area (Å²) in [7, 11) is 0. The molecule has 1 saturated heterocycles. The molecule has 0 aromatic heterocycles. The van der Waals surface area contributed by atoms with E-state index in [-0.39, 0.29) is 22.5 Å². The fraction of sp³-hybridized carbons (Fsp3) is 0.435. The molecule has 0 saturated carbocycles. The molecule has 0 amide bonds. The smallest absolute Gasteiger partial charge is 0.125 e. The van der Waals surface area contributed by atoms with Gasteiger partial charge < -0.3 is 32.4 Å². The average molecular weight is 396 g/mol. The van der Waals surface area contributed by atoms with Gasteiger partial charge in [-0.25, -0.2) is 0 Å². The number of phenols is 1. The first-order chi connectivity index (χ1) is 13.5. The Bertz CT molecular complexity index is 848. The van der Waals surface area contributed by atoms with Crippen LogP contribution in [0, 0.1) is 22.1 Å². The number of rotatable bonds is 7. The van der Waals surface area contributed by atoms with E-state index in [0.717, 1.165) is 19.1 Å². The first-order valence-corrected chi connectivity index (χ1v) is 9.86. The lowest BCUT2D eigenvalue weighted by atomic mass is 9.74. The van der Waals surface area contributed by atoms with Crippen LogP contribution in [0.25, 0.3) is 5.57 Å². The van der Waals surface area contributed by atoms with Crippen LogP contribution in [-0.4, -0.2) is 33.8 Å². The van der Waals surface area contributed by atoms with E-state index in [0.29, 0.717) is 34.8 Å². The number of piperidine rings is 1. The number of benzene rings is 1. The van der Waals surface area contributed by atoms with Crippen LogP contribution < -0.4 is 11.1 Å². The summed E-state index contributed by atoms with van der Waals surface area (Å²) < 4.78 is 0. The van der Waals surface area contributed by atoms with Crippen molar-refractivity contribution < 1.29 is 5.11 Å². The van der Waals surface area contributed by atoms with Gasteiger partial charge in [-0.3, -0.25) is 0 Å². The largest absolute Gasteiger partial charge is 0.507 e. The third kappa shape index (κ3) is 6.12. The number of allylic oxidation sites excluding steroid dienone is 3. The molecule has 1 aliphatic heterocycles. The predicted octanol–water partition coefficient (Wildman–Crippen LogP) is 4.23. The van der Waals surface area contributed by atoms with Gasteiger partial charge in [-0.1, -0.05) is 6.07 Å². The predicted molar refractivity (Wildman–Crippen MR) is 121 cm³/mol. The van der Waals surface area contributed by atoms with Crippen molar-refractivity contribution in [3.8, 4) is 5.75 Å². The summed E-state index contributed by atoms with van der Waals surface area (Å²) in [6, 6.07) is 4.84. The lowest BCUT2D eigenvalue weighted by Gasteiger charge is -2.46. The minimum absolute atomic E-state index is 0.0456. The highest BCUT2D eigenvalue weighted by Crippen LogP contribution is 2.34. The van der Waals surface area contributed by atoms with Gasteiger partial charge >= 0.3 is 0 Å². The molecule has 0 bridgehead atoms. The zero-order chi connectivity index (χ0) is 21.8. The van der Waals surface area contributed by atoms with Crippen LogP contribution in [0.1, 0.15) is 58.1 Å². The Kier molecular flexibility index (Phi) is 6.80. The van der Waals surface area contributed by atoms with Crippen molar-refractivity contribution in [2.75, 3.05) is 0 Å². The lowest BCUT2D eigenvalue weighted by molar-refractivity contribution is 0.132. The Morgan fingerprint density at radius 1 is 1.17 bits per heavy atom. The van der Waals surface area contributed by atoms with Crippen molar-refractivity contribution in [1.29, 1.82) is 16.2 Å². The fourth-order valence-corrected chi connectivity index (χ4v) is 4.50. The topological polar surface area (TPSA) is 130 Å². The maximum absolute atomic E-state index is 10.3. The first kappa shape index (κ1) is 22.6. The Labute approximate surface area is 173 Å². The van der Waals surface area contributed by atoms with Crippen molar-refractivity contribution >= 4 is 23.2 Å². The van der Waals surface area contributed by atoms with Gasteiger partial charge in [0, 0.05) is 40.3 Å². The summed E-state index contributed by atoms with van der Waals surface area (Å²) in [5, 5.41) is 37.8. The summed E-state index contributed by atoms with van der Waals surface area (Å²) >= 11 is 0. The van der Waals surface area contributed by atoms with Crippen LogP contribution in [0.3, 0.4) is 0 Å². The van der Waals surface area contributed by atoms with Crippen molar-refractivity contribution in [2.45, 2.75) is 58.0 Å². The second-order valence-corrected chi connectivity index (χ2v) is 9.14. The minimum atomic E-state index is -0.0493. The van der Waals surface area contributed by atoms with E-state index in [1.54, 1.807) is 24.3 Å². The molecule has 0 spiro atoms. The molecule has 7 N–H and O–H groups in total. The molecule has 0 unspecified atom stereocenters. The molecular weight excluding hydrogens is 362 g/mol. The molecule has 1 fully saturated rings. The number of hydrogen-bond acceptors (Lipinski definition) is 6. The van der Waals surface area contributed by atoms with Crippen molar-refractivity contribution in [1.82, 2.24) is 5.32 Å². The third-order valence-corrected chi connectivity index (χ3v) is 5.19. The van der Waals surface area contributed by atoms with E-state index in [1.807, 2.05) is 0 Å². The molecule has 29 heavy (non-hydrogen) atoms. The molecule has 1 heterocycles. The quantitative estimate of drug-likeness (QED) is 0.386. The zero-order valence-electron chi connectivity index (χ0n) is 17.8. The molecule has 6 heteroatoms. The van der Waals surface area contributed by atoms with Crippen LogP contribution in [0.2, 0.25) is 0 Å². The highest BCUT2D eigenvalue weighted by Gasteiger charge is 2.37. The van der Waals surface area contributed by atoms with Crippen molar-refractivity contribution in [2.24, 2.45) is 11.7 Å². The van der Waals surface area contributed by atoms with Crippen LogP contribution >= 0.6 is 0 Å². The van der Waals surface area contributed by atoms with Gasteiger partial charge in [0.1, 0.15) is 5.75 Å². The second kappa shape index (κ2) is 8.74. The van der Waals surface area contributed by atoms with Crippen molar-refractivity contribution in [3.63, 3.8) is 0 Å². The minimum Gasteiger partial charge on any atom is -0.507 e. The molecule has 0 aliphatic carbocycles. The van der Waals surface area contributed by atoms with Gasteiger partial charge in [-0.15, -0.1) is 0 Å². The Morgan fingerprint density at radius 2 is 1.79 bits per heavy atom. The molecule has 1 aliphatic rings. The molecule has 1 aromatic carbocycles. The van der Waals surface area contributed by atoms with E-state index in [9.17, 15) is 5.11 Å². The van der Waals surface area contributed by atoms with Gasteiger partial charge in [0.05, 0.1) is 5.71 Å². The number of phenolic OH excluding ortho intramolecular Hbond substituents is 1. The average Bonchev–Trinajstić information content (AvgIpc) is 2.58. The summed E-state index contributed by atoms with van der Waals surface area (Å²) in [6.45, 7) is 8.80. The summed E-state index contributed by atoms with van der Waals surface area (Å²) in [6.07, 6.45) is 8.33. The molecule has 0 radical (unpaired) electrons. The summed E-state index contributed by atoms with van der Waals surface area (Å²) in [5.41, 5.74) is 7.68. The van der Waals surface area contributed by atoms with Crippen LogP contribution in [0.5, 0.6) is 5.75 Å². The van der Waals surface area contributed by atoms with Gasteiger partial charge in [0.15, 0.2) is 0 Å². The highest BCUT2D eigenvalue weighted by atomic mass is 16.3. The molecule has 0 atom stereocenters. The standard InChI is InChI=1S/C23H33N5O/c1-22(2)11-15(12-23(3,4)28-22)9-18(26)6-8-20(27)19-7-5-16(10-21(19)29)17(13-24)14-25/h5-8,10,13-15,24,26-29H,9,11-12,25H2,1-4H3/b8-6-,17-14+,24-13?,26-18?,27-20?. The van der Waals surface area contributed by atoms with Gasteiger partial charge in [-0.2, -0.15) is 0 Å². The molecule has 156 valence electrons. The van der Waals surface area contributed by atoms with E-state index in [2.05, 4.69) is 33.0 Å². The van der Waals surface area contributed by atoms with Crippen molar-refractivity contribution in [3.05, 3.63) is 47.7 Å². The number of nitrogens with one attached hydrogen (secondary N) is 4. The van der Waals surface area contributed by atoms with Crippen LogP contribution in [0.4, 0.5) is 0 Å². The maximum atomic E-state index is 10.3. The van der Waals surface area contributed by atoms with E-state index in [1.165, 1.54) is 12.3 Å². The van der Waals surface area contributed by atoms with Gasteiger partial charge in [0.2, 0.25) is 0 Å². The molecule has 1 aromatic rings. The van der Waals surface area contributed by atoms with E-state index >= 15 is 0 Å². The third-order valence-electron chi connectivity index (χ3n) is 5.19. The Morgan fingerprint density at radius 3 is 2.31 bits per heavy atom. The highest BCUT2D eigenvalue weighted by molar-refractivity contribution is 6.12. The molecule has 2 rings (SSSR count). The summed E-state index contributed by atoms with van der Waals surface area (Å²) in [5.74, 6) is 0.370. The number of nitrogens with two attached hydrogens (primary N) is 1. The van der Waals surface area contributed by atoms with Gasteiger partial charge in [-0.05, 0) is 82.7 Å². The molecule has 6 nitrogen and oxygen atoms in total. The van der Waals surface area contributed by atoms with E-state index in [4.69, 9.17) is 22.0 Å². The molecular formula is C23H33N5O. The Balaban J connectivity index is 2.05. The first-order valence-electron chi connectivity index (χ1n) is 9.86. The Hall–Kier alpha value is -2.73. The van der Waals surface area contributed by atoms with Crippen LogP contribution in [-0.2, 0) is 0 Å². The van der Waals surface area contributed by atoms with Crippen LogP contribution in [0.15, 0.2) is 36.6 Å². The van der Waals surface area contributed by atoms with E-state index < -0.39 is 0 Å². The zero-order valence-corrected chi connectivity index (χ0v) is 17.8. The monoisotopic (exact) mass is 395 g/mol. The lowest BCUT2D eigenvalue weighted by Crippen LogP contribution is -2.57. The van der Waals surface area contributed by atoms with Gasteiger partial charge in [0.25, 0.3) is 0 Å². The second-order valence-electron chi connectivity index (χ2n) is 9.14. The fourth-order valence-electron chi connectivity index (χ4n) is 4.50. The normalized spacial score (nSPS) is 19.2. The number of hydrogen-bond donors (Lipinski definition) is 6. The summed E-state index contributed by atoms with van der Waals surface area (Å²) in [4.78, 5) is 0.